The molecule has 0 aliphatic carbocycles. The van der Waals surface area contributed by atoms with Gasteiger partial charge < -0.3 is 14.5 Å². The highest BCUT2D eigenvalue weighted by molar-refractivity contribution is 5.87. The molecule has 122 valence electrons. The Labute approximate surface area is 140 Å². The molecule has 24 heavy (non-hydrogen) atoms. The number of aromatic nitrogens is 1. The summed E-state index contributed by atoms with van der Waals surface area (Å²) >= 11 is 0. The van der Waals surface area contributed by atoms with Crippen molar-refractivity contribution in [3.8, 4) is 0 Å². The normalized spacial score (nSPS) is 11.9. The lowest BCUT2D eigenvalue weighted by Gasteiger charge is -2.18. The van der Waals surface area contributed by atoms with Gasteiger partial charge in [0, 0.05) is 18.3 Å². The van der Waals surface area contributed by atoms with E-state index in [1.165, 1.54) is 13.4 Å². The molecule has 0 aliphatic heterocycles. The first-order valence-electron chi connectivity index (χ1n) is 7.63. The van der Waals surface area contributed by atoms with Crippen molar-refractivity contribution in [2.24, 2.45) is 0 Å². The van der Waals surface area contributed by atoms with Gasteiger partial charge in [0.05, 0.1) is 25.1 Å². The van der Waals surface area contributed by atoms with Gasteiger partial charge in [-0.1, -0.05) is 36.4 Å². The minimum Gasteiger partial charge on any atom is -0.463 e. The average Bonchev–Trinajstić information content (AvgIpc) is 3.12. The molecule has 0 saturated carbocycles. The molecule has 1 aromatic carbocycles. The van der Waals surface area contributed by atoms with Crippen LogP contribution in [0.5, 0.6) is 0 Å². The van der Waals surface area contributed by atoms with Crippen LogP contribution in [-0.2, 0) is 11.3 Å². The fourth-order valence-corrected chi connectivity index (χ4v) is 2.54. The lowest BCUT2D eigenvalue weighted by molar-refractivity contribution is 0.0563. The zero-order chi connectivity index (χ0) is 16.8. The van der Waals surface area contributed by atoms with Gasteiger partial charge in [-0.25, -0.2) is 4.79 Å². The highest BCUT2D eigenvalue weighted by atomic mass is 16.5. The summed E-state index contributed by atoms with van der Waals surface area (Å²) in [4.78, 5) is 16.2. The van der Waals surface area contributed by atoms with E-state index in [1.54, 1.807) is 12.3 Å². The third kappa shape index (κ3) is 3.52. The monoisotopic (exact) mass is 322 g/mol. The van der Waals surface area contributed by atoms with E-state index in [0.29, 0.717) is 6.54 Å². The number of carbonyl (C=O) groups excluding carboxylic acids is 1. The van der Waals surface area contributed by atoms with Crippen LogP contribution in [0.25, 0.3) is 0 Å². The number of esters is 1. The Bertz CT molecular complexity index is 745. The van der Waals surface area contributed by atoms with Crippen molar-refractivity contribution in [2.45, 2.75) is 12.6 Å². The van der Waals surface area contributed by atoms with E-state index >= 15 is 0 Å². The Balaban J connectivity index is 1.84. The molecule has 1 N–H and O–H groups in total. The van der Waals surface area contributed by atoms with Crippen LogP contribution < -0.4 is 5.32 Å². The van der Waals surface area contributed by atoms with Crippen LogP contribution in [0.15, 0.2) is 71.5 Å². The van der Waals surface area contributed by atoms with Gasteiger partial charge >= 0.3 is 5.97 Å². The van der Waals surface area contributed by atoms with Crippen LogP contribution in [0.4, 0.5) is 0 Å². The summed E-state index contributed by atoms with van der Waals surface area (Å²) in [6.07, 6.45) is 3.26. The molecule has 3 aromatic rings. The predicted molar refractivity (Wildman–Crippen MR) is 89.4 cm³/mol. The van der Waals surface area contributed by atoms with Crippen molar-refractivity contribution >= 4 is 5.97 Å². The minimum absolute atomic E-state index is 0.0900. The number of pyridine rings is 1. The Kier molecular flexibility index (Phi) is 5.03. The Morgan fingerprint density at radius 2 is 1.96 bits per heavy atom. The molecule has 5 nitrogen and oxygen atoms in total. The standard InChI is InChI=1S/C19H18N2O3/c1-23-19(22)18-15(10-12-24-18)13-21-17(14-7-3-2-4-8-14)16-9-5-6-11-20-16/h2-12,17,21H,13H2,1H3. The van der Waals surface area contributed by atoms with Crippen molar-refractivity contribution < 1.29 is 13.9 Å². The van der Waals surface area contributed by atoms with E-state index in [2.05, 4.69) is 10.3 Å². The molecule has 0 bridgehead atoms. The molecule has 3 rings (SSSR count). The number of rotatable bonds is 6. The van der Waals surface area contributed by atoms with Gasteiger partial charge in [0.1, 0.15) is 0 Å². The van der Waals surface area contributed by atoms with Crippen LogP contribution >= 0.6 is 0 Å². The summed E-state index contributed by atoms with van der Waals surface area (Å²) < 4.78 is 9.97. The van der Waals surface area contributed by atoms with E-state index in [9.17, 15) is 4.79 Å². The lowest BCUT2D eigenvalue weighted by atomic mass is 10.0. The number of hydrogen-bond acceptors (Lipinski definition) is 5. The molecular formula is C19H18N2O3. The van der Waals surface area contributed by atoms with Gasteiger partial charge in [0.2, 0.25) is 5.76 Å². The average molecular weight is 322 g/mol. The largest absolute Gasteiger partial charge is 0.463 e. The van der Waals surface area contributed by atoms with Gasteiger partial charge in [-0.3, -0.25) is 4.98 Å². The third-order valence-electron chi connectivity index (χ3n) is 3.73. The van der Waals surface area contributed by atoms with Crippen molar-refractivity contribution in [1.29, 1.82) is 0 Å². The molecule has 0 saturated heterocycles. The number of furan rings is 1. The fourth-order valence-electron chi connectivity index (χ4n) is 2.54. The van der Waals surface area contributed by atoms with Gasteiger partial charge in [0.25, 0.3) is 0 Å². The van der Waals surface area contributed by atoms with Gasteiger partial charge in [-0.15, -0.1) is 0 Å². The highest BCUT2D eigenvalue weighted by Gasteiger charge is 2.19. The van der Waals surface area contributed by atoms with Crippen molar-refractivity contribution in [1.82, 2.24) is 10.3 Å². The first kappa shape index (κ1) is 16.0. The van der Waals surface area contributed by atoms with Crippen LogP contribution in [0.3, 0.4) is 0 Å². The van der Waals surface area contributed by atoms with E-state index in [0.717, 1.165) is 16.8 Å². The SMILES string of the molecule is COC(=O)c1occc1CNC(c1ccccc1)c1ccccn1. The number of hydrogen-bond donors (Lipinski definition) is 1. The van der Waals surface area contributed by atoms with Gasteiger partial charge in [0.15, 0.2) is 0 Å². The van der Waals surface area contributed by atoms with Crippen molar-refractivity contribution in [3.05, 3.63) is 89.6 Å². The van der Waals surface area contributed by atoms with Gasteiger partial charge in [-0.2, -0.15) is 0 Å². The smallest absolute Gasteiger partial charge is 0.374 e. The van der Waals surface area contributed by atoms with Crippen molar-refractivity contribution in [2.75, 3.05) is 7.11 Å². The Morgan fingerprint density at radius 1 is 1.17 bits per heavy atom. The highest BCUT2D eigenvalue weighted by Crippen LogP contribution is 2.21. The molecule has 0 spiro atoms. The summed E-state index contributed by atoms with van der Waals surface area (Å²) in [5.74, 6) is -0.260. The van der Waals surface area contributed by atoms with E-state index in [4.69, 9.17) is 9.15 Å². The van der Waals surface area contributed by atoms with Crippen LogP contribution in [-0.4, -0.2) is 18.1 Å². The first-order valence-corrected chi connectivity index (χ1v) is 7.63. The van der Waals surface area contributed by atoms with E-state index in [1.807, 2.05) is 48.5 Å². The second kappa shape index (κ2) is 7.57. The third-order valence-corrected chi connectivity index (χ3v) is 3.73. The summed E-state index contributed by atoms with van der Waals surface area (Å²) in [6, 6.07) is 17.5. The number of carbonyl (C=O) groups is 1. The Hall–Kier alpha value is -2.92. The molecule has 5 heteroatoms. The quantitative estimate of drug-likeness (QED) is 0.705. The second-order valence-electron chi connectivity index (χ2n) is 5.25. The Morgan fingerprint density at radius 3 is 2.67 bits per heavy atom. The summed E-state index contributed by atoms with van der Waals surface area (Å²) in [5.41, 5.74) is 2.75. The number of benzene rings is 1. The number of nitrogens with one attached hydrogen (secondary N) is 1. The molecule has 1 atom stereocenters. The molecule has 0 aliphatic rings. The molecule has 0 radical (unpaired) electrons. The zero-order valence-electron chi connectivity index (χ0n) is 13.3. The molecule has 1 unspecified atom stereocenters. The van der Waals surface area contributed by atoms with Crippen LogP contribution in [0, 0.1) is 0 Å². The fraction of sp³-hybridized carbons (Fsp3) is 0.158. The predicted octanol–water partition coefficient (Wildman–Crippen LogP) is 3.34. The van der Waals surface area contributed by atoms with E-state index < -0.39 is 5.97 Å². The maximum Gasteiger partial charge on any atom is 0.374 e. The summed E-state index contributed by atoms with van der Waals surface area (Å²) in [5, 5.41) is 3.44. The van der Waals surface area contributed by atoms with Crippen LogP contribution in [0.1, 0.15) is 33.4 Å². The number of ether oxygens (including phenoxy) is 1. The molecule has 0 amide bonds. The maximum absolute atomic E-state index is 11.7. The van der Waals surface area contributed by atoms with Gasteiger partial charge in [-0.05, 0) is 23.8 Å². The van der Waals surface area contributed by atoms with E-state index in [-0.39, 0.29) is 11.8 Å². The maximum atomic E-state index is 11.7. The summed E-state index contributed by atoms with van der Waals surface area (Å²) in [6.45, 7) is 0.455. The first-order chi connectivity index (χ1) is 11.8. The summed E-state index contributed by atoms with van der Waals surface area (Å²) in [7, 11) is 1.34. The number of nitrogens with zero attached hydrogens (tertiary/aromatic N) is 1. The zero-order valence-corrected chi connectivity index (χ0v) is 13.3. The molecule has 2 heterocycles. The number of methoxy groups -OCH3 is 1. The van der Waals surface area contributed by atoms with Crippen molar-refractivity contribution in [3.63, 3.8) is 0 Å². The minimum atomic E-state index is -0.481. The lowest BCUT2D eigenvalue weighted by Crippen LogP contribution is -2.23. The van der Waals surface area contributed by atoms with Crippen LogP contribution in [0.2, 0.25) is 0 Å². The molecular weight excluding hydrogens is 304 g/mol. The molecule has 0 fully saturated rings. The topological polar surface area (TPSA) is 64.4 Å². The molecule has 2 aromatic heterocycles. The second-order valence-corrected chi connectivity index (χ2v) is 5.25.